The number of anilines is 4. The van der Waals surface area contributed by atoms with Crippen LogP contribution in [-0.4, -0.2) is 81.7 Å². The SMILES string of the molecule is CCNc1nc(Nc2cc(C#N)cc(N3CC[C@@H](NC(=O)OC)[C@H](OC(=O)[C@H](C)O)C3)c2Cl)nn2c(C#N)cnc12. The van der Waals surface area contributed by atoms with Crippen LogP contribution in [0.3, 0.4) is 0 Å². The maximum absolute atomic E-state index is 12.2. The third-order valence-corrected chi connectivity index (χ3v) is 6.64. The van der Waals surface area contributed by atoms with Gasteiger partial charge in [-0.3, -0.25) is 0 Å². The van der Waals surface area contributed by atoms with Gasteiger partial charge in [0.1, 0.15) is 18.3 Å². The Morgan fingerprint density at radius 2 is 2.10 bits per heavy atom. The second-order valence-electron chi connectivity index (χ2n) is 9.03. The van der Waals surface area contributed by atoms with Crippen molar-refractivity contribution in [1.29, 1.82) is 10.5 Å². The molecular weight excluding hydrogens is 556 g/mol. The van der Waals surface area contributed by atoms with Crippen LogP contribution >= 0.6 is 11.6 Å². The van der Waals surface area contributed by atoms with E-state index in [9.17, 15) is 25.2 Å². The number of nitriles is 2. The maximum Gasteiger partial charge on any atom is 0.407 e. The number of esters is 1. The molecule has 1 aliphatic rings. The topological polar surface area (TPSA) is 203 Å². The Morgan fingerprint density at radius 3 is 2.76 bits per heavy atom. The first kappa shape index (κ1) is 29.1. The van der Waals surface area contributed by atoms with Gasteiger partial charge in [-0.15, -0.1) is 5.10 Å². The van der Waals surface area contributed by atoms with E-state index in [0.717, 1.165) is 0 Å². The summed E-state index contributed by atoms with van der Waals surface area (Å²) in [5.41, 5.74) is 1.60. The van der Waals surface area contributed by atoms with Crippen LogP contribution in [0.4, 0.5) is 27.9 Å². The van der Waals surface area contributed by atoms with E-state index in [4.69, 9.17) is 16.3 Å². The first-order chi connectivity index (χ1) is 19.7. The van der Waals surface area contributed by atoms with E-state index < -0.39 is 30.3 Å². The molecule has 41 heavy (non-hydrogen) atoms. The molecule has 0 unspecified atom stereocenters. The number of fused-ring (bicyclic) bond motifs is 1. The number of nitrogens with one attached hydrogen (secondary N) is 3. The summed E-state index contributed by atoms with van der Waals surface area (Å²) in [5, 5.41) is 42.3. The Hall–Kier alpha value is -4.86. The number of rotatable bonds is 8. The van der Waals surface area contributed by atoms with E-state index >= 15 is 0 Å². The molecule has 2 aromatic heterocycles. The second kappa shape index (κ2) is 12.5. The zero-order chi connectivity index (χ0) is 29.7. The lowest BCUT2D eigenvalue weighted by atomic mass is 10.0. The van der Waals surface area contributed by atoms with E-state index in [1.165, 1.54) is 30.8 Å². The fourth-order valence-electron chi connectivity index (χ4n) is 4.29. The number of carbonyl (C=O) groups is 2. The molecule has 0 spiro atoms. The molecule has 3 heterocycles. The lowest BCUT2D eigenvalue weighted by Gasteiger charge is -2.39. The average Bonchev–Trinajstić information content (AvgIpc) is 3.38. The van der Waals surface area contributed by atoms with Crippen molar-refractivity contribution in [2.45, 2.75) is 38.5 Å². The Labute approximate surface area is 239 Å². The fraction of sp³-hybridized carbons (Fsp3) is 0.400. The summed E-state index contributed by atoms with van der Waals surface area (Å²) in [7, 11) is 1.22. The Kier molecular flexibility index (Phi) is 8.91. The average molecular weight is 583 g/mol. The van der Waals surface area contributed by atoms with Crippen LogP contribution in [-0.2, 0) is 14.3 Å². The lowest BCUT2D eigenvalue weighted by molar-refractivity contribution is -0.159. The Morgan fingerprint density at radius 1 is 1.32 bits per heavy atom. The fourth-order valence-corrected chi connectivity index (χ4v) is 4.57. The third kappa shape index (κ3) is 6.32. The van der Waals surface area contributed by atoms with Gasteiger partial charge in [0.05, 0.1) is 53.9 Å². The predicted octanol–water partition coefficient (Wildman–Crippen LogP) is 1.92. The number of alkyl carbamates (subject to hydrolysis) is 1. The number of halogens is 1. The molecule has 0 radical (unpaired) electrons. The lowest BCUT2D eigenvalue weighted by Crippen LogP contribution is -2.56. The second-order valence-corrected chi connectivity index (χ2v) is 9.41. The van der Waals surface area contributed by atoms with Gasteiger partial charge in [-0.2, -0.15) is 20.0 Å². The Balaban J connectivity index is 1.69. The number of amides is 1. The Bertz CT molecular complexity index is 1550. The van der Waals surface area contributed by atoms with E-state index in [2.05, 4.69) is 41.8 Å². The van der Waals surface area contributed by atoms with Crippen molar-refractivity contribution in [1.82, 2.24) is 24.9 Å². The van der Waals surface area contributed by atoms with Crippen LogP contribution < -0.4 is 20.9 Å². The third-order valence-electron chi connectivity index (χ3n) is 6.25. The largest absolute Gasteiger partial charge is 0.456 e. The zero-order valence-electron chi connectivity index (χ0n) is 22.4. The van der Waals surface area contributed by atoms with Crippen LogP contribution in [0.5, 0.6) is 0 Å². The van der Waals surface area contributed by atoms with Crippen LogP contribution in [0.25, 0.3) is 5.65 Å². The number of ether oxygens (including phenoxy) is 2. The number of benzene rings is 1. The highest BCUT2D eigenvalue weighted by Crippen LogP contribution is 2.37. The zero-order valence-corrected chi connectivity index (χ0v) is 23.1. The van der Waals surface area contributed by atoms with Gasteiger partial charge < -0.3 is 35.4 Å². The van der Waals surface area contributed by atoms with Crippen LogP contribution in [0.2, 0.25) is 5.02 Å². The number of aromatic nitrogens is 4. The molecular formula is C25H27ClN10O5. The molecule has 1 fully saturated rings. The van der Waals surface area contributed by atoms with Gasteiger partial charge in [0, 0.05) is 13.1 Å². The predicted molar refractivity (Wildman–Crippen MR) is 147 cm³/mol. The molecule has 4 rings (SSSR count). The molecule has 0 saturated carbocycles. The summed E-state index contributed by atoms with van der Waals surface area (Å²) in [4.78, 5) is 34.6. The monoisotopic (exact) mass is 582 g/mol. The highest BCUT2D eigenvalue weighted by Gasteiger charge is 2.35. The molecule has 4 N–H and O–H groups in total. The molecule has 0 bridgehead atoms. The molecule has 1 aliphatic heterocycles. The van der Waals surface area contributed by atoms with Gasteiger partial charge in [-0.05, 0) is 32.4 Å². The number of methoxy groups -OCH3 is 1. The van der Waals surface area contributed by atoms with Crippen molar-refractivity contribution < 1.29 is 24.2 Å². The minimum Gasteiger partial charge on any atom is -0.456 e. The van der Waals surface area contributed by atoms with Gasteiger partial charge in [0.2, 0.25) is 5.95 Å². The van der Waals surface area contributed by atoms with Crippen LogP contribution in [0.1, 0.15) is 31.5 Å². The van der Waals surface area contributed by atoms with Gasteiger partial charge >= 0.3 is 12.1 Å². The minimum absolute atomic E-state index is 0.0920. The van der Waals surface area contributed by atoms with Crippen molar-refractivity contribution in [3.05, 3.63) is 34.6 Å². The summed E-state index contributed by atoms with van der Waals surface area (Å²) >= 11 is 6.83. The van der Waals surface area contributed by atoms with Crippen molar-refractivity contribution in [2.75, 3.05) is 42.3 Å². The van der Waals surface area contributed by atoms with E-state index in [1.807, 2.05) is 17.9 Å². The maximum atomic E-state index is 12.2. The van der Waals surface area contributed by atoms with Crippen molar-refractivity contribution >= 4 is 52.5 Å². The van der Waals surface area contributed by atoms with E-state index in [1.54, 1.807) is 6.07 Å². The van der Waals surface area contributed by atoms with Crippen molar-refractivity contribution in [3.8, 4) is 12.1 Å². The quantitative estimate of drug-likeness (QED) is 0.281. The first-order valence-corrected chi connectivity index (χ1v) is 12.9. The van der Waals surface area contributed by atoms with Gasteiger partial charge in [-0.25, -0.2) is 14.6 Å². The number of nitrogens with zero attached hydrogens (tertiary/aromatic N) is 7. The minimum atomic E-state index is -1.37. The molecule has 1 aromatic carbocycles. The summed E-state index contributed by atoms with van der Waals surface area (Å²) < 4.78 is 11.5. The molecule has 1 saturated heterocycles. The summed E-state index contributed by atoms with van der Waals surface area (Å²) in [6.45, 7) is 4.17. The smallest absolute Gasteiger partial charge is 0.407 e. The highest BCUT2D eigenvalue weighted by atomic mass is 35.5. The van der Waals surface area contributed by atoms with Crippen LogP contribution in [0.15, 0.2) is 18.3 Å². The molecule has 16 heteroatoms. The van der Waals surface area contributed by atoms with Crippen LogP contribution in [0, 0.1) is 22.7 Å². The molecule has 3 atom stereocenters. The van der Waals surface area contributed by atoms with Gasteiger partial charge in [0.15, 0.2) is 17.2 Å². The highest BCUT2D eigenvalue weighted by molar-refractivity contribution is 6.36. The summed E-state index contributed by atoms with van der Waals surface area (Å²) in [5.74, 6) is -0.370. The van der Waals surface area contributed by atoms with E-state index in [-0.39, 0.29) is 28.8 Å². The van der Waals surface area contributed by atoms with Crippen molar-refractivity contribution in [2.24, 2.45) is 0 Å². The summed E-state index contributed by atoms with van der Waals surface area (Å²) in [6.07, 6.45) is -1.19. The molecule has 3 aromatic rings. The number of hydrogen-bond donors (Lipinski definition) is 4. The number of piperidine rings is 1. The number of hydrogen-bond acceptors (Lipinski definition) is 13. The number of aliphatic hydroxyl groups is 1. The molecule has 214 valence electrons. The van der Waals surface area contributed by atoms with E-state index in [0.29, 0.717) is 42.4 Å². The molecule has 1 amide bonds. The van der Waals surface area contributed by atoms with Crippen molar-refractivity contribution in [3.63, 3.8) is 0 Å². The van der Waals surface area contributed by atoms with Gasteiger partial charge in [0.25, 0.3) is 0 Å². The number of carbonyl (C=O) groups excluding carboxylic acids is 2. The normalized spacial score (nSPS) is 17.2. The summed E-state index contributed by atoms with van der Waals surface area (Å²) in [6, 6.07) is 6.66. The number of imidazole rings is 1. The number of aliphatic hydroxyl groups excluding tert-OH is 1. The first-order valence-electron chi connectivity index (χ1n) is 12.6. The molecule has 0 aliphatic carbocycles. The van der Waals surface area contributed by atoms with Gasteiger partial charge in [-0.1, -0.05) is 11.6 Å². The standard InChI is InChI=1S/C25H27ClN10O5/c1-4-29-21-22-30-11-15(10-28)36(22)34-24(33-21)31-17-7-14(9-27)8-18(20(17)26)35-6-5-16(32-25(39)40-3)19(12-35)41-23(38)13(2)37/h7-8,11,13,16,19,37H,4-6,12H2,1-3H3,(H,32,39)(H2,29,31,33,34)/t13-,16+,19+/m0/s1. The molecule has 15 nitrogen and oxygen atoms in total.